The molecule has 1 unspecified atom stereocenters. The highest BCUT2D eigenvalue weighted by Gasteiger charge is 2.28. The Balaban J connectivity index is 3.05. The molecule has 1 aromatic carbocycles. The average molecular weight is 314 g/mol. The van der Waals surface area contributed by atoms with E-state index in [1.807, 2.05) is 20.0 Å². The van der Waals surface area contributed by atoms with E-state index in [1.54, 1.807) is 0 Å². The molecule has 0 saturated heterocycles. The molecule has 3 heteroatoms. The first kappa shape index (κ1) is 15.5. The fourth-order valence-corrected chi connectivity index (χ4v) is 2.69. The van der Waals surface area contributed by atoms with Gasteiger partial charge in [0, 0.05) is 6.04 Å². The maximum atomic E-state index is 5.55. The molecule has 0 radical (unpaired) electrons. The minimum atomic E-state index is 0.224. The van der Waals surface area contributed by atoms with Crippen LogP contribution in [0, 0.1) is 5.41 Å². The lowest BCUT2D eigenvalue weighted by Crippen LogP contribution is -2.31. The van der Waals surface area contributed by atoms with Crippen LogP contribution in [0.4, 0.5) is 0 Å². The molecule has 2 nitrogen and oxygen atoms in total. The Morgan fingerprint density at radius 3 is 2.44 bits per heavy atom. The summed E-state index contributed by atoms with van der Waals surface area (Å²) in [4.78, 5) is 0. The summed E-state index contributed by atoms with van der Waals surface area (Å²) in [5.41, 5.74) is 1.51. The topological polar surface area (TPSA) is 21.3 Å². The molecule has 0 spiro atoms. The van der Waals surface area contributed by atoms with Crippen molar-refractivity contribution in [1.29, 1.82) is 0 Å². The Hall–Kier alpha value is -0.540. The van der Waals surface area contributed by atoms with E-state index in [0.717, 1.165) is 16.6 Å². The van der Waals surface area contributed by atoms with E-state index < -0.39 is 0 Å². The van der Waals surface area contributed by atoms with Crippen LogP contribution < -0.4 is 10.1 Å². The van der Waals surface area contributed by atoms with E-state index >= 15 is 0 Å². The van der Waals surface area contributed by atoms with Crippen LogP contribution in [0.1, 0.15) is 45.7 Å². The maximum Gasteiger partial charge on any atom is 0.133 e. The molecule has 0 aliphatic carbocycles. The second-order valence-electron chi connectivity index (χ2n) is 5.19. The maximum absolute atomic E-state index is 5.55. The molecule has 1 aromatic rings. The van der Waals surface area contributed by atoms with Gasteiger partial charge in [-0.15, -0.1) is 0 Å². The van der Waals surface area contributed by atoms with Gasteiger partial charge in [0.05, 0.1) is 11.1 Å². The number of rotatable bonds is 6. The summed E-state index contributed by atoms with van der Waals surface area (Å²) in [7, 11) is 2.02. The van der Waals surface area contributed by atoms with Gasteiger partial charge in [0.25, 0.3) is 0 Å². The molecule has 1 atom stereocenters. The number of nitrogens with one attached hydrogen (secondary N) is 1. The van der Waals surface area contributed by atoms with Crippen molar-refractivity contribution in [1.82, 2.24) is 5.32 Å². The summed E-state index contributed by atoms with van der Waals surface area (Å²) in [6.07, 6.45) is 1.13. The van der Waals surface area contributed by atoms with Crippen molar-refractivity contribution in [2.45, 2.75) is 40.2 Å². The highest BCUT2D eigenvalue weighted by atomic mass is 79.9. The Labute approximate surface area is 119 Å². The molecule has 0 bridgehead atoms. The molecule has 0 heterocycles. The zero-order chi connectivity index (χ0) is 13.8. The number of hydrogen-bond donors (Lipinski definition) is 1. The van der Waals surface area contributed by atoms with Crippen LogP contribution in [0.15, 0.2) is 22.7 Å². The number of benzene rings is 1. The second kappa shape index (κ2) is 6.58. The van der Waals surface area contributed by atoms with E-state index in [1.165, 1.54) is 5.56 Å². The molecule has 1 rings (SSSR count). The van der Waals surface area contributed by atoms with Crippen molar-refractivity contribution in [3.05, 3.63) is 28.2 Å². The lowest BCUT2D eigenvalue weighted by Gasteiger charge is -2.34. The molecule has 102 valence electrons. The average Bonchev–Trinajstić information content (AvgIpc) is 2.33. The summed E-state index contributed by atoms with van der Waals surface area (Å²) < 4.78 is 6.57. The van der Waals surface area contributed by atoms with E-state index in [2.05, 4.69) is 54.2 Å². The molecule has 0 amide bonds. The lowest BCUT2D eigenvalue weighted by molar-refractivity contribution is 0.245. The third kappa shape index (κ3) is 3.48. The second-order valence-corrected chi connectivity index (χ2v) is 6.04. The van der Waals surface area contributed by atoms with Crippen molar-refractivity contribution < 1.29 is 4.74 Å². The molecule has 1 N–H and O–H groups in total. The SMILES string of the molecule is CCOc1ccc(C(NC)C(C)(C)CC)cc1Br. The Morgan fingerprint density at radius 2 is 2.00 bits per heavy atom. The van der Waals surface area contributed by atoms with Crippen LogP contribution >= 0.6 is 15.9 Å². The lowest BCUT2D eigenvalue weighted by atomic mass is 9.78. The van der Waals surface area contributed by atoms with E-state index in [0.29, 0.717) is 12.6 Å². The van der Waals surface area contributed by atoms with Gasteiger partial charge >= 0.3 is 0 Å². The standard InChI is InChI=1S/C15H24BrNO/c1-6-15(3,4)14(17-5)11-8-9-13(18-7-2)12(16)10-11/h8-10,14,17H,6-7H2,1-5H3. The van der Waals surface area contributed by atoms with Gasteiger partial charge in [0.15, 0.2) is 0 Å². The third-order valence-electron chi connectivity index (χ3n) is 3.57. The summed E-state index contributed by atoms with van der Waals surface area (Å²) in [6, 6.07) is 6.69. The number of ether oxygens (including phenoxy) is 1. The number of hydrogen-bond acceptors (Lipinski definition) is 2. The van der Waals surface area contributed by atoms with Crippen LogP contribution in [0.2, 0.25) is 0 Å². The first-order valence-electron chi connectivity index (χ1n) is 6.55. The van der Waals surface area contributed by atoms with Crippen molar-refractivity contribution in [2.24, 2.45) is 5.41 Å². The highest BCUT2D eigenvalue weighted by Crippen LogP contribution is 2.38. The predicted molar refractivity (Wildman–Crippen MR) is 81.2 cm³/mol. The van der Waals surface area contributed by atoms with Gasteiger partial charge < -0.3 is 10.1 Å². The first-order chi connectivity index (χ1) is 8.46. The molecular formula is C15H24BrNO. The van der Waals surface area contributed by atoms with Gasteiger partial charge in [-0.25, -0.2) is 0 Å². The number of halogens is 1. The summed E-state index contributed by atoms with van der Waals surface area (Å²) in [5.74, 6) is 0.908. The zero-order valence-electron chi connectivity index (χ0n) is 12.0. The quantitative estimate of drug-likeness (QED) is 0.832. The fourth-order valence-electron chi connectivity index (χ4n) is 2.18. The highest BCUT2D eigenvalue weighted by molar-refractivity contribution is 9.10. The molecule has 0 aliphatic rings. The van der Waals surface area contributed by atoms with Crippen molar-refractivity contribution in [3.63, 3.8) is 0 Å². The smallest absolute Gasteiger partial charge is 0.133 e. The van der Waals surface area contributed by atoms with Gasteiger partial charge in [0.2, 0.25) is 0 Å². The molecular weight excluding hydrogens is 290 g/mol. The van der Waals surface area contributed by atoms with Crippen molar-refractivity contribution >= 4 is 15.9 Å². The molecule has 0 fully saturated rings. The van der Waals surface area contributed by atoms with Crippen molar-refractivity contribution in [2.75, 3.05) is 13.7 Å². The minimum absolute atomic E-state index is 0.224. The van der Waals surface area contributed by atoms with E-state index in [9.17, 15) is 0 Å². The molecule has 18 heavy (non-hydrogen) atoms. The third-order valence-corrected chi connectivity index (χ3v) is 4.19. The predicted octanol–water partition coefficient (Wildman–Crippen LogP) is 4.54. The monoisotopic (exact) mass is 313 g/mol. The van der Waals surface area contributed by atoms with Crippen LogP contribution in [0.25, 0.3) is 0 Å². The van der Waals surface area contributed by atoms with Gasteiger partial charge in [-0.2, -0.15) is 0 Å². The van der Waals surface area contributed by atoms with Crippen molar-refractivity contribution in [3.8, 4) is 5.75 Å². The molecule has 0 aromatic heterocycles. The zero-order valence-corrected chi connectivity index (χ0v) is 13.6. The van der Waals surface area contributed by atoms with Gasteiger partial charge in [-0.05, 0) is 59.4 Å². The molecule has 0 aliphatic heterocycles. The Kier molecular flexibility index (Phi) is 5.67. The van der Waals surface area contributed by atoms with Crippen LogP contribution in [0.3, 0.4) is 0 Å². The summed E-state index contributed by atoms with van der Waals surface area (Å²) >= 11 is 3.58. The van der Waals surface area contributed by atoms with Crippen LogP contribution in [-0.2, 0) is 0 Å². The van der Waals surface area contributed by atoms with Gasteiger partial charge in [-0.3, -0.25) is 0 Å². The largest absolute Gasteiger partial charge is 0.493 e. The van der Waals surface area contributed by atoms with Crippen LogP contribution in [0.5, 0.6) is 5.75 Å². The minimum Gasteiger partial charge on any atom is -0.493 e. The normalized spacial score (nSPS) is 13.4. The Morgan fingerprint density at radius 1 is 1.33 bits per heavy atom. The Bertz CT molecular complexity index is 390. The van der Waals surface area contributed by atoms with E-state index in [4.69, 9.17) is 4.74 Å². The summed E-state index contributed by atoms with van der Waals surface area (Å²) in [5, 5.41) is 3.43. The first-order valence-corrected chi connectivity index (χ1v) is 7.35. The molecule has 0 saturated carbocycles. The van der Waals surface area contributed by atoms with Crippen LogP contribution in [-0.4, -0.2) is 13.7 Å². The van der Waals surface area contributed by atoms with E-state index in [-0.39, 0.29) is 5.41 Å². The fraction of sp³-hybridized carbons (Fsp3) is 0.600. The van der Waals surface area contributed by atoms with Gasteiger partial charge in [0.1, 0.15) is 5.75 Å². The summed E-state index contributed by atoms with van der Waals surface area (Å²) in [6.45, 7) is 9.50. The van der Waals surface area contributed by atoms with Gasteiger partial charge in [-0.1, -0.05) is 26.8 Å².